The van der Waals surface area contributed by atoms with Crippen molar-refractivity contribution in [3.8, 4) is 0 Å². The van der Waals surface area contributed by atoms with Crippen LogP contribution in [0.25, 0.3) is 0 Å². The molecule has 1 aliphatic rings. The van der Waals surface area contributed by atoms with E-state index in [0.717, 1.165) is 18.5 Å². The lowest BCUT2D eigenvalue weighted by Crippen LogP contribution is -2.13. The van der Waals surface area contributed by atoms with E-state index in [9.17, 15) is 4.79 Å². The summed E-state index contributed by atoms with van der Waals surface area (Å²) in [6.45, 7) is 1.91. The minimum Gasteiger partial charge on any atom is -0.295 e. The quantitative estimate of drug-likeness (QED) is 0.481. The second-order valence-corrected chi connectivity index (χ2v) is 1.98. The van der Waals surface area contributed by atoms with Crippen LogP contribution in [0.4, 0.5) is 0 Å². The molecule has 1 heterocycles. The molecule has 0 spiro atoms. The molecule has 0 saturated heterocycles. The van der Waals surface area contributed by atoms with Crippen LogP contribution < -0.4 is 0 Å². The van der Waals surface area contributed by atoms with Crippen molar-refractivity contribution in [1.82, 2.24) is 4.90 Å². The summed E-state index contributed by atoms with van der Waals surface area (Å²) in [6, 6.07) is 0. The summed E-state index contributed by atoms with van der Waals surface area (Å²) in [6.07, 6.45) is 7.48. The largest absolute Gasteiger partial charge is 0.295 e. The number of rotatable bonds is 1. The van der Waals surface area contributed by atoms with Gasteiger partial charge < -0.3 is 0 Å². The zero-order valence-corrected chi connectivity index (χ0v) is 5.37. The average Bonchev–Trinajstić information content (AvgIpc) is 1.89. The van der Waals surface area contributed by atoms with Gasteiger partial charge in [-0.2, -0.15) is 0 Å². The van der Waals surface area contributed by atoms with Crippen molar-refractivity contribution < 1.29 is 4.79 Å². The number of hydrogen-bond donors (Lipinski definition) is 0. The number of carbonyl (C=O) groups excluding carboxylic acids is 1. The predicted octanol–water partition coefficient (Wildman–Crippen LogP) is 1.27. The van der Waals surface area contributed by atoms with Crippen LogP contribution in [0.15, 0.2) is 24.0 Å². The lowest BCUT2D eigenvalue weighted by molar-refractivity contribution is -0.114. The van der Waals surface area contributed by atoms with Gasteiger partial charge in [0.05, 0.1) is 0 Å². The monoisotopic (exact) mass is 123 g/mol. The Morgan fingerprint density at radius 2 is 2.56 bits per heavy atom. The van der Waals surface area contributed by atoms with Crippen molar-refractivity contribution >= 4 is 6.41 Å². The van der Waals surface area contributed by atoms with Gasteiger partial charge in [0.2, 0.25) is 6.41 Å². The Morgan fingerprint density at radius 1 is 1.78 bits per heavy atom. The molecule has 48 valence electrons. The maximum absolute atomic E-state index is 10.2. The lowest BCUT2D eigenvalue weighted by Gasteiger charge is -2.14. The van der Waals surface area contributed by atoms with Crippen molar-refractivity contribution in [2.24, 2.45) is 0 Å². The van der Waals surface area contributed by atoms with Crippen molar-refractivity contribution in [2.45, 2.75) is 13.3 Å². The summed E-state index contributed by atoms with van der Waals surface area (Å²) < 4.78 is 0. The number of carbonyl (C=O) groups is 1. The van der Waals surface area contributed by atoms with E-state index in [2.05, 4.69) is 0 Å². The highest BCUT2D eigenvalue weighted by Gasteiger charge is 2.00. The van der Waals surface area contributed by atoms with Crippen LogP contribution in [0.5, 0.6) is 0 Å². The van der Waals surface area contributed by atoms with Gasteiger partial charge in [0.15, 0.2) is 0 Å². The Kier molecular flexibility index (Phi) is 1.68. The Morgan fingerprint density at radius 3 is 3.00 bits per heavy atom. The van der Waals surface area contributed by atoms with E-state index in [4.69, 9.17) is 0 Å². The molecule has 1 rings (SSSR count). The Labute approximate surface area is 54.5 Å². The maximum Gasteiger partial charge on any atom is 0.217 e. The second-order valence-electron chi connectivity index (χ2n) is 1.98. The van der Waals surface area contributed by atoms with Crippen LogP contribution in [0.3, 0.4) is 0 Å². The summed E-state index contributed by atoms with van der Waals surface area (Å²) in [5, 5.41) is 0. The molecular formula is C7H9NO. The van der Waals surface area contributed by atoms with Gasteiger partial charge in [-0.05, 0) is 13.3 Å². The highest BCUT2D eigenvalue weighted by atomic mass is 16.1. The summed E-state index contributed by atoms with van der Waals surface area (Å²) in [4.78, 5) is 11.8. The van der Waals surface area contributed by atoms with Crippen molar-refractivity contribution in [3.63, 3.8) is 0 Å². The van der Waals surface area contributed by atoms with E-state index in [-0.39, 0.29) is 0 Å². The fraction of sp³-hybridized carbons (Fsp3) is 0.286. The minimum atomic E-state index is 0.807. The third kappa shape index (κ3) is 1.19. The Hall–Kier alpha value is -1.05. The number of allylic oxidation sites excluding steroid dienone is 3. The van der Waals surface area contributed by atoms with E-state index in [1.807, 2.05) is 19.1 Å². The van der Waals surface area contributed by atoms with Gasteiger partial charge in [-0.3, -0.25) is 9.69 Å². The van der Waals surface area contributed by atoms with Gasteiger partial charge in [0.1, 0.15) is 0 Å². The van der Waals surface area contributed by atoms with E-state index in [1.54, 1.807) is 11.1 Å². The van der Waals surface area contributed by atoms with Crippen LogP contribution >= 0.6 is 0 Å². The topological polar surface area (TPSA) is 20.3 Å². The molecule has 0 radical (unpaired) electrons. The standard InChI is InChI=1S/C7H9NO/c1-7-4-2-3-5-8(7)6-9/h3-6H,2H2,1H3. The van der Waals surface area contributed by atoms with Crippen molar-refractivity contribution in [1.29, 1.82) is 0 Å². The number of hydrogen-bond acceptors (Lipinski definition) is 1. The highest BCUT2D eigenvalue weighted by molar-refractivity contribution is 5.53. The fourth-order valence-electron chi connectivity index (χ4n) is 0.754. The van der Waals surface area contributed by atoms with Crippen LogP contribution in [0.2, 0.25) is 0 Å². The number of nitrogens with zero attached hydrogens (tertiary/aromatic N) is 1. The smallest absolute Gasteiger partial charge is 0.217 e. The van der Waals surface area contributed by atoms with Crippen molar-refractivity contribution in [2.75, 3.05) is 0 Å². The molecule has 2 heteroatoms. The first-order chi connectivity index (χ1) is 4.34. The van der Waals surface area contributed by atoms with E-state index in [1.165, 1.54) is 0 Å². The first kappa shape index (κ1) is 6.08. The molecule has 0 unspecified atom stereocenters. The molecule has 1 aliphatic heterocycles. The first-order valence-electron chi connectivity index (χ1n) is 2.91. The molecule has 0 aromatic carbocycles. The summed E-state index contributed by atoms with van der Waals surface area (Å²) in [5.41, 5.74) is 1.01. The maximum atomic E-state index is 10.2. The van der Waals surface area contributed by atoms with Gasteiger partial charge in [-0.15, -0.1) is 0 Å². The van der Waals surface area contributed by atoms with Crippen molar-refractivity contribution in [3.05, 3.63) is 24.0 Å². The molecule has 0 fully saturated rings. The van der Waals surface area contributed by atoms with Gasteiger partial charge in [-0.1, -0.05) is 12.2 Å². The molecule has 0 saturated carbocycles. The minimum absolute atomic E-state index is 0.807. The normalized spacial score (nSPS) is 17.4. The zero-order chi connectivity index (χ0) is 6.69. The van der Waals surface area contributed by atoms with Crippen LogP contribution in [-0.2, 0) is 4.79 Å². The highest BCUT2D eigenvalue weighted by Crippen LogP contribution is 2.08. The third-order valence-electron chi connectivity index (χ3n) is 1.34. The molecule has 0 aromatic rings. The third-order valence-corrected chi connectivity index (χ3v) is 1.34. The van der Waals surface area contributed by atoms with Gasteiger partial charge >= 0.3 is 0 Å². The molecule has 0 N–H and O–H groups in total. The lowest BCUT2D eigenvalue weighted by atomic mass is 10.2. The summed E-state index contributed by atoms with van der Waals surface area (Å²) in [7, 11) is 0. The SMILES string of the molecule is CC1=CCC=CN1C=O. The summed E-state index contributed by atoms with van der Waals surface area (Å²) in [5.74, 6) is 0. The molecule has 0 aromatic heterocycles. The molecule has 1 amide bonds. The molecule has 9 heavy (non-hydrogen) atoms. The van der Waals surface area contributed by atoms with Gasteiger partial charge in [0.25, 0.3) is 0 Å². The van der Waals surface area contributed by atoms with Gasteiger partial charge in [0, 0.05) is 11.9 Å². The van der Waals surface area contributed by atoms with E-state index in [0.29, 0.717) is 0 Å². The van der Waals surface area contributed by atoms with E-state index < -0.39 is 0 Å². The fourth-order valence-corrected chi connectivity index (χ4v) is 0.754. The predicted molar refractivity (Wildman–Crippen MR) is 35.4 cm³/mol. The molecule has 0 bridgehead atoms. The summed E-state index contributed by atoms with van der Waals surface area (Å²) >= 11 is 0. The van der Waals surface area contributed by atoms with Crippen LogP contribution in [0.1, 0.15) is 13.3 Å². The molecular weight excluding hydrogens is 114 g/mol. The Balaban J connectivity index is 2.69. The Bertz CT molecular complexity index is 170. The average molecular weight is 123 g/mol. The van der Waals surface area contributed by atoms with Crippen LogP contribution in [-0.4, -0.2) is 11.3 Å². The van der Waals surface area contributed by atoms with Gasteiger partial charge in [-0.25, -0.2) is 0 Å². The van der Waals surface area contributed by atoms with Crippen LogP contribution in [0, 0.1) is 0 Å². The molecule has 0 atom stereocenters. The zero-order valence-electron chi connectivity index (χ0n) is 5.37. The molecule has 2 nitrogen and oxygen atoms in total. The number of amides is 1. The second kappa shape index (κ2) is 2.49. The molecule has 0 aliphatic carbocycles. The first-order valence-corrected chi connectivity index (χ1v) is 2.91. The van der Waals surface area contributed by atoms with E-state index >= 15 is 0 Å².